The molecule has 4 rings (SSSR count). The third-order valence-electron chi connectivity index (χ3n) is 5.77. The van der Waals surface area contributed by atoms with Crippen LogP contribution in [0.3, 0.4) is 0 Å². The van der Waals surface area contributed by atoms with Crippen molar-refractivity contribution in [2.24, 2.45) is 0 Å². The Balaban J connectivity index is 1.34. The lowest BCUT2D eigenvalue weighted by Crippen LogP contribution is -2.61. The normalized spacial score (nSPS) is 16.0. The molecule has 1 amide bonds. The van der Waals surface area contributed by atoms with Gasteiger partial charge in [0.2, 0.25) is 5.91 Å². The van der Waals surface area contributed by atoms with E-state index in [0.717, 1.165) is 17.9 Å². The second-order valence-corrected chi connectivity index (χ2v) is 8.97. The molecular weight excluding hydrogens is 471 g/mol. The lowest BCUT2D eigenvalue weighted by atomic mass is 10.2. The summed E-state index contributed by atoms with van der Waals surface area (Å²) in [6.45, 7) is 3.42. The third-order valence-corrected chi connectivity index (χ3v) is 6.51. The highest BCUT2D eigenvalue weighted by atomic mass is 35.5. The molecule has 1 saturated heterocycles. The highest BCUT2D eigenvalue weighted by Crippen LogP contribution is 2.23. The summed E-state index contributed by atoms with van der Waals surface area (Å²) in [4.78, 5) is 21.7. The minimum Gasteiger partial charge on any atom is -0.376 e. The Morgan fingerprint density at radius 1 is 1.00 bits per heavy atom. The molecule has 1 unspecified atom stereocenters. The number of aromatic nitrogens is 1. The zero-order chi connectivity index (χ0) is 23.8. The van der Waals surface area contributed by atoms with E-state index in [-0.39, 0.29) is 12.1 Å². The number of halogens is 2. The summed E-state index contributed by atoms with van der Waals surface area (Å²) in [6, 6.07) is 21.5. The molecule has 2 aromatic carbocycles. The summed E-state index contributed by atoms with van der Waals surface area (Å²) in [5.74, 6) is 0.992. The van der Waals surface area contributed by atoms with Gasteiger partial charge in [0.25, 0.3) is 0 Å². The van der Waals surface area contributed by atoms with Gasteiger partial charge in [0.05, 0.1) is 36.2 Å². The number of piperazine rings is 1. The van der Waals surface area contributed by atoms with Crippen LogP contribution in [0.15, 0.2) is 72.9 Å². The smallest absolute Gasteiger partial charge is 0.226 e. The fourth-order valence-corrected chi connectivity index (χ4v) is 4.28. The molecule has 3 aromatic rings. The van der Waals surface area contributed by atoms with Crippen molar-refractivity contribution in [2.75, 3.05) is 31.1 Å². The third kappa shape index (κ3) is 6.70. The zero-order valence-corrected chi connectivity index (χ0v) is 20.4. The maximum Gasteiger partial charge on any atom is 0.226 e. The number of ether oxygens (including phenoxy) is 1. The Kier molecular flexibility index (Phi) is 8.77. The molecule has 1 aliphatic rings. The van der Waals surface area contributed by atoms with Gasteiger partial charge in [-0.25, -0.2) is 4.98 Å². The first kappa shape index (κ1) is 24.5. The van der Waals surface area contributed by atoms with Gasteiger partial charge >= 0.3 is 0 Å². The van der Waals surface area contributed by atoms with Crippen molar-refractivity contribution < 1.29 is 9.53 Å². The number of benzene rings is 2. The van der Waals surface area contributed by atoms with Gasteiger partial charge in [0.15, 0.2) is 0 Å². The fraction of sp³-hybridized carbons (Fsp3) is 0.308. The number of carbonyl (C=O) groups is 1. The number of nitrogens with zero attached hydrogens (tertiary/aromatic N) is 3. The van der Waals surface area contributed by atoms with Crippen molar-refractivity contribution in [3.8, 4) is 0 Å². The van der Waals surface area contributed by atoms with Crippen LogP contribution in [0.4, 0.5) is 5.82 Å². The van der Waals surface area contributed by atoms with Gasteiger partial charge in [-0.2, -0.15) is 0 Å². The van der Waals surface area contributed by atoms with Crippen LogP contribution in [0.2, 0.25) is 10.0 Å². The van der Waals surface area contributed by atoms with Gasteiger partial charge in [-0.15, -0.1) is 0 Å². The van der Waals surface area contributed by atoms with Crippen LogP contribution in [0.25, 0.3) is 0 Å². The summed E-state index contributed by atoms with van der Waals surface area (Å²) in [5, 5.41) is 4.57. The minimum absolute atomic E-state index is 0.0698. The lowest BCUT2D eigenvalue weighted by Gasteiger charge is -2.42. The topological polar surface area (TPSA) is 57.7 Å². The molecule has 1 N–H and O–H groups in total. The van der Waals surface area contributed by atoms with Crippen LogP contribution in [-0.2, 0) is 22.7 Å². The largest absolute Gasteiger partial charge is 0.376 e. The molecule has 8 heteroatoms. The van der Waals surface area contributed by atoms with Gasteiger partial charge < -0.3 is 14.5 Å². The highest BCUT2D eigenvalue weighted by Gasteiger charge is 2.30. The Morgan fingerprint density at radius 3 is 2.59 bits per heavy atom. The van der Waals surface area contributed by atoms with Gasteiger partial charge in [-0.05, 0) is 35.4 Å². The molecule has 34 heavy (non-hydrogen) atoms. The molecule has 1 fully saturated rings. The maximum absolute atomic E-state index is 13.1. The molecule has 1 atom stereocenters. The zero-order valence-electron chi connectivity index (χ0n) is 18.9. The number of hydrogen-bond acceptors (Lipinski definition) is 5. The number of amides is 1. The molecule has 1 aliphatic heterocycles. The number of nitrogens with one attached hydrogen (secondary N) is 1. The molecule has 0 radical (unpaired) electrons. The van der Waals surface area contributed by atoms with Gasteiger partial charge in [0, 0.05) is 25.8 Å². The Morgan fingerprint density at radius 2 is 1.82 bits per heavy atom. The van der Waals surface area contributed by atoms with Gasteiger partial charge in [-0.1, -0.05) is 65.7 Å². The van der Waals surface area contributed by atoms with E-state index < -0.39 is 0 Å². The van der Waals surface area contributed by atoms with E-state index in [0.29, 0.717) is 49.3 Å². The molecule has 1 aromatic heterocycles. The van der Waals surface area contributed by atoms with Crippen LogP contribution in [0, 0.1) is 0 Å². The number of carbonyl (C=O) groups excluding carboxylic acids is 1. The van der Waals surface area contributed by atoms with Crippen molar-refractivity contribution >= 4 is 34.9 Å². The average molecular weight is 499 g/mol. The lowest BCUT2D eigenvalue weighted by molar-refractivity contribution is -0.136. The predicted molar refractivity (Wildman–Crippen MR) is 136 cm³/mol. The summed E-state index contributed by atoms with van der Waals surface area (Å²) >= 11 is 12.0. The quantitative estimate of drug-likeness (QED) is 0.431. The fourth-order valence-electron chi connectivity index (χ4n) is 3.96. The van der Waals surface area contributed by atoms with Crippen LogP contribution in [-0.4, -0.2) is 48.2 Å². The van der Waals surface area contributed by atoms with E-state index in [4.69, 9.17) is 27.9 Å². The molecule has 0 bridgehead atoms. The molecule has 2 heterocycles. The molecule has 0 aliphatic carbocycles. The SMILES string of the molecule is O=C(CCOCc1ccc(Cl)c(Cl)c1)N1CCN(c2ccccn2)CC1NCc1ccccc1. The summed E-state index contributed by atoms with van der Waals surface area (Å²) in [7, 11) is 0. The Bertz CT molecular complexity index is 1070. The first-order chi connectivity index (χ1) is 16.6. The Hall–Kier alpha value is -2.64. The monoisotopic (exact) mass is 498 g/mol. The predicted octanol–water partition coefficient (Wildman–Crippen LogP) is 4.76. The van der Waals surface area contributed by atoms with E-state index in [2.05, 4.69) is 27.3 Å². The average Bonchev–Trinajstić information content (AvgIpc) is 2.88. The van der Waals surface area contributed by atoms with E-state index in [1.165, 1.54) is 5.56 Å². The van der Waals surface area contributed by atoms with Crippen LogP contribution in [0.5, 0.6) is 0 Å². The van der Waals surface area contributed by atoms with Crippen LogP contribution < -0.4 is 10.2 Å². The first-order valence-electron chi connectivity index (χ1n) is 11.3. The van der Waals surface area contributed by atoms with E-state index >= 15 is 0 Å². The second kappa shape index (κ2) is 12.2. The van der Waals surface area contributed by atoms with Crippen LogP contribution >= 0.6 is 23.2 Å². The first-order valence-corrected chi connectivity index (χ1v) is 12.1. The van der Waals surface area contributed by atoms with Gasteiger partial charge in [0.1, 0.15) is 12.0 Å². The van der Waals surface area contributed by atoms with Crippen molar-refractivity contribution in [1.82, 2.24) is 15.2 Å². The standard InChI is InChI=1S/C26H28Cl2N4O2/c27-22-10-9-21(16-23(22)28)19-34-15-11-26(33)32-14-13-31(24-8-4-5-12-29-24)18-25(32)30-17-20-6-2-1-3-7-20/h1-10,12,16,25,30H,11,13-15,17-19H2. The van der Waals surface area contributed by atoms with Gasteiger partial charge in [-0.3, -0.25) is 10.1 Å². The molecule has 6 nitrogen and oxygen atoms in total. The Labute approximate surface area is 210 Å². The number of rotatable bonds is 9. The second-order valence-electron chi connectivity index (χ2n) is 8.15. The van der Waals surface area contributed by atoms with Crippen molar-refractivity contribution in [3.63, 3.8) is 0 Å². The molecule has 0 saturated carbocycles. The molecule has 178 valence electrons. The number of hydrogen-bond donors (Lipinski definition) is 1. The maximum atomic E-state index is 13.1. The summed E-state index contributed by atoms with van der Waals surface area (Å²) in [6.07, 6.45) is 1.98. The van der Waals surface area contributed by atoms with Crippen molar-refractivity contribution in [1.29, 1.82) is 0 Å². The highest BCUT2D eigenvalue weighted by molar-refractivity contribution is 6.42. The van der Waals surface area contributed by atoms with E-state index in [1.807, 2.05) is 47.4 Å². The van der Waals surface area contributed by atoms with Crippen LogP contribution in [0.1, 0.15) is 17.5 Å². The minimum atomic E-state index is -0.126. The van der Waals surface area contributed by atoms with E-state index in [1.54, 1.807) is 18.3 Å². The molecule has 0 spiro atoms. The number of pyridine rings is 1. The molecular formula is C26H28Cl2N4O2. The van der Waals surface area contributed by atoms with Crippen molar-refractivity contribution in [3.05, 3.63) is 94.1 Å². The van der Waals surface area contributed by atoms with E-state index in [9.17, 15) is 4.79 Å². The van der Waals surface area contributed by atoms with Crippen molar-refractivity contribution in [2.45, 2.75) is 25.7 Å². The summed E-state index contributed by atoms with van der Waals surface area (Å²) in [5.41, 5.74) is 2.10. The number of anilines is 1. The summed E-state index contributed by atoms with van der Waals surface area (Å²) < 4.78 is 5.74.